The minimum absolute atomic E-state index is 0.0532. The predicted octanol–water partition coefficient (Wildman–Crippen LogP) is 7.55. The van der Waals surface area contributed by atoms with Crippen molar-refractivity contribution in [2.45, 2.75) is 76.0 Å². The second-order valence-electron chi connectivity index (χ2n) is 17.0. The Labute approximate surface area is 358 Å². The van der Waals surface area contributed by atoms with E-state index in [4.69, 9.17) is 4.74 Å². The molecule has 5 heterocycles. The molecular formula is C47H49FN8O5Si. The number of nitrogens with one attached hydrogen (secondary N) is 4. The molecule has 2 aliphatic rings. The van der Waals surface area contributed by atoms with E-state index in [9.17, 15) is 14.7 Å². The van der Waals surface area contributed by atoms with Gasteiger partial charge in [-0.3, -0.25) is 19.1 Å². The van der Waals surface area contributed by atoms with Gasteiger partial charge in [0.1, 0.15) is 0 Å². The van der Waals surface area contributed by atoms with E-state index in [1.807, 2.05) is 104 Å². The van der Waals surface area contributed by atoms with E-state index in [0.29, 0.717) is 47.7 Å². The molecule has 1 spiro atoms. The number of aromatic nitrogens is 5. The van der Waals surface area contributed by atoms with Crippen LogP contribution < -0.4 is 15.5 Å². The Bertz CT molecular complexity index is 2810. The number of rotatable bonds is 14. The van der Waals surface area contributed by atoms with Gasteiger partial charge in [0.25, 0.3) is 5.91 Å². The van der Waals surface area contributed by atoms with Gasteiger partial charge in [0.05, 0.1) is 36.9 Å². The van der Waals surface area contributed by atoms with E-state index in [1.165, 1.54) is 0 Å². The minimum atomic E-state index is -3.49. The molecule has 5 N–H and O–H groups in total. The number of hydrogen-bond donors (Lipinski definition) is 5. The molecule has 15 heteroatoms. The number of aliphatic hydroxyl groups excluding tert-OH is 1. The minimum Gasteiger partial charge on any atom is -0.396 e. The van der Waals surface area contributed by atoms with Gasteiger partial charge in [-0.2, -0.15) is 0 Å². The number of ether oxygens (including phenoxy) is 1. The van der Waals surface area contributed by atoms with Crippen LogP contribution in [-0.2, 0) is 57.1 Å². The van der Waals surface area contributed by atoms with E-state index in [-0.39, 0.29) is 43.7 Å². The molecule has 4 aromatic carbocycles. The van der Waals surface area contributed by atoms with E-state index in [2.05, 4.69) is 30.9 Å². The van der Waals surface area contributed by atoms with Crippen molar-refractivity contribution in [2.75, 3.05) is 22.1 Å². The lowest BCUT2D eigenvalue weighted by atomic mass is 9.82. The fourth-order valence-electron chi connectivity index (χ4n) is 9.73. The van der Waals surface area contributed by atoms with Crippen LogP contribution in [0.1, 0.15) is 41.3 Å². The fraction of sp³-hybridized carbons (Fsp3) is 0.298. The largest absolute Gasteiger partial charge is 0.396 e. The Hall–Kier alpha value is -6.42. The van der Waals surface area contributed by atoms with Crippen LogP contribution in [0.25, 0.3) is 21.8 Å². The summed E-state index contributed by atoms with van der Waals surface area (Å²) < 4.78 is 25.4. The number of hydrogen-bond acceptors (Lipinski definition) is 7. The van der Waals surface area contributed by atoms with Gasteiger partial charge < -0.3 is 39.5 Å². The van der Waals surface area contributed by atoms with Crippen molar-refractivity contribution in [1.29, 1.82) is 0 Å². The molecule has 4 atom stereocenters. The van der Waals surface area contributed by atoms with Crippen LogP contribution in [-0.4, -0.2) is 68.9 Å². The van der Waals surface area contributed by atoms with Crippen LogP contribution in [0.2, 0.25) is 18.6 Å². The highest BCUT2D eigenvalue weighted by Crippen LogP contribution is 2.60. The normalized spacial score (nSPS) is 19.8. The van der Waals surface area contributed by atoms with Crippen molar-refractivity contribution in [3.8, 4) is 0 Å². The zero-order valence-electron chi connectivity index (χ0n) is 34.8. The number of carbonyl (C=O) groups is 3. The third-order valence-electron chi connectivity index (χ3n) is 12.4. The number of para-hydroxylation sites is 2. The summed E-state index contributed by atoms with van der Waals surface area (Å²) >= 11 is 0. The van der Waals surface area contributed by atoms with E-state index < -0.39 is 31.6 Å². The van der Waals surface area contributed by atoms with Gasteiger partial charge >= 0.3 is 0 Å². The molecule has 0 bridgehead atoms. The Kier molecular flexibility index (Phi) is 10.9. The number of aryl methyl sites for hydroxylation is 1. The molecule has 0 aliphatic carbocycles. The van der Waals surface area contributed by atoms with Gasteiger partial charge in [-0.25, -0.2) is 0 Å². The monoisotopic (exact) mass is 852 g/mol. The van der Waals surface area contributed by atoms with Gasteiger partial charge in [-0.05, 0) is 78.7 Å². The van der Waals surface area contributed by atoms with E-state index in [1.54, 1.807) is 34.9 Å². The number of fused-ring (bicyclic) bond motifs is 4. The lowest BCUT2D eigenvalue weighted by Gasteiger charge is -2.31. The molecule has 62 heavy (non-hydrogen) atoms. The first kappa shape index (κ1) is 41.0. The van der Waals surface area contributed by atoms with Gasteiger partial charge in [-0.15, -0.1) is 5.10 Å². The average molecular weight is 853 g/mol. The van der Waals surface area contributed by atoms with Gasteiger partial charge in [0.15, 0.2) is 5.60 Å². The predicted molar refractivity (Wildman–Crippen MR) is 239 cm³/mol. The molecule has 3 amide bonds. The van der Waals surface area contributed by atoms with Crippen molar-refractivity contribution in [1.82, 2.24) is 25.0 Å². The van der Waals surface area contributed by atoms with Crippen LogP contribution in [0.4, 0.5) is 21.2 Å². The topological polar surface area (TPSA) is 170 Å². The summed E-state index contributed by atoms with van der Waals surface area (Å²) in [5, 5.41) is 25.8. The molecule has 318 valence electrons. The molecule has 9 rings (SSSR count). The number of anilines is 3. The molecule has 2 aliphatic heterocycles. The standard InChI is InChI=1S/C47H49FN8O5Si/c1-29-45(62(2,3)48)42(17-19-55-28-35(18-20-57)53-54-55)61-47(29)38-24-34(52-44(59)23-32-26-50-40-14-7-5-12-37(32)40)15-16-41(38)56(46(47)60)27-30-9-8-10-33(21-30)51-43(58)22-31-25-49-39-13-6-4-11-36(31)39/h4-16,21,24-26,28-29,42,45,49-50,57H,17-20,22-23,27H2,1-3H3,(H,51,58)(H,52,59)/t29-,42+,45-,47+/m0/s1. The molecule has 0 unspecified atom stereocenters. The van der Waals surface area contributed by atoms with Crippen molar-refractivity contribution >= 4 is 65.0 Å². The number of carbonyl (C=O) groups excluding carboxylic acids is 3. The van der Waals surface area contributed by atoms with Gasteiger partial charge in [0.2, 0.25) is 20.2 Å². The zero-order chi connectivity index (χ0) is 43.2. The Morgan fingerprint density at radius 3 is 2.18 bits per heavy atom. The summed E-state index contributed by atoms with van der Waals surface area (Å²) in [4.78, 5) is 50.3. The number of aromatic amines is 2. The summed E-state index contributed by atoms with van der Waals surface area (Å²) in [5.41, 5.74) is 5.22. The molecule has 3 aromatic heterocycles. The molecule has 0 saturated carbocycles. The van der Waals surface area contributed by atoms with Crippen molar-refractivity contribution < 1.29 is 28.3 Å². The summed E-state index contributed by atoms with van der Waals surface area (Å²) in [7, 11) is -3.49. The number of amides is 3. The van der Waals surface area contributed by atoms with Crippen LogP contribution >= 0.6 is 0 Å². The van der Waals surface area contributed by atoms with Gasteiger partial charge in [0, 0.05) is 88.4 Å². The van der Waals surface area contributed by atoms with E-state index >= 15 is 8.90 Å². The number of nitrogens with zero attached hydrogens (tertiary/aromatic N) is 4. The second kappa shape index (κ2) is 16.5. The Morgan fingerprint density at radius 2 is 1.53 bits per heavy atom. The van der Waals surface area contributed by atoms with Crippen LogP contribution in [0.3, 0.4) is 0 Å². The third kappa shape index (κ3) is 7.71. The number of benzene rings is 4. The molecule has 7 aromatic rings. The second-order valence-corrected chi connectivity index (χ2v) is 20.8. The quantitative estimate of drug-likeness (QED) is 0.0556. The van der Waals surface area contributed by atoms with Crippen molar-refractivity contribution in [3.05, 3.63) is 138 Å². The SMILES string of the molecule is C[C@H]1[C@H]([Si](C)(C)F)[C@@H](CCn2cc(CCO)nn2)O[C@]12C(=O)N(Cc1cccc(NC(=O)Cc3c[nH]c4ccccc34)c1)c1ccc(NC(=O)Cc3c[nH]c4ccccc34)cc12. The summed E-state index contributed by atoms with van der Waals surface area (Å²) in [6, 6.07) is 28.5. The highest BCUT2D eigenvalue weighted by Gasteiger charge is 2.66. The van der Waals surface area contributed by atoms with Crippen molar-refractivity contribution in [3.63, 3.8) is 0 Å². The van der Waals surface area contributed by atoms with Crippen molar-refractivity contribution in [2.24, 2.45) is 5.92 Å². The number of aliphatic hydroxyl groups is 1. The average Bonchev–Trinajstić information content (AvgIpc) is 4.07. The van der Waals surface area contributed by atoms with Gasteiger partial charge in [-0.1, -0.05) is 60.7 Å². The maximum atomic E-state index is 16.7. The van der Waals surface area contributed by atoms with Crippen LogP contribution in [0.15, 0.2) is 110 Å². The highest BCUT2D eigenvalue weighted by molar-refractivity contribution is 6.72. The maximum Gasteiger partial charge on any atom is 0.264 e. The smallest absolute Gasteiger partial charge is 0.264 e. The number of halogens is 1. The summed E-state index contributed by atoms with van der Waals surface area (Å²) in [6.45, 7) is 5.71. The zero-order valence-corrected chi connectivity index (χ0v) is 35.8. The summed E-state index contributed by atoms with van der Waals surface area (Å²) in [5.74, 6) is -1.28. The molecular weight excluding hydrogens is 804 g/mol. The first-order valence-electron chi connectivity index (χ1n) is 21.0. The molecule has 0 radical (unpaired) electrons. The van der Waals surface area contributed by atoms with E-state index in [0.717, 1.165) is 38.5 Å². The first-order chi connectivity index (χ1) is 29.9. The third-order valence-corrected chi connectivity index (χ3v) is 14.9. The summed E-state index contributed by atoms with van der Waals surface area (Å²) in [6.07, 6.45) is 5.89. The molecule has 13 nitrogen and oxygen atoms in total. The Balaban J connectivity index is 1.01. The van der Waals surface area contributed by atoms with Crippen LogP contribution in [0.5, 0.6) is 0 Å². The first-order valence-corrected chi connectivity index (χ1v) is 24.0. The lowest BCUT2D eigenvalue weighted by molar-refractivity contribution is -0.146. The Morgan fingerprint density at radius 1 is 0.887 bits per heavy atom. The maximum absolute atomic E-state index is 16.7. The fourth-order valence-corrected chi connectivity index (χ4v) is 12.3. The lowest BCUT2D eigenvalue weighted by Crippen LogP contribution is -2.45. The molecule has 1 fully saturated rings. The highest BCUT2D eigenvalue weighted by atomic mass is 28.4. The van der Waals surface area contributed by atoms with Crippen LogP contribution in [0, 0.1) is 5.92 Å². The molecule has 1 saturated heterocycles. The number of H-pyrrole nitrogens is 2.